The fourth-order valence-corrected chi connectivity index (χ4v) is 1.96. The lowest BCUT2D eigenvalue weighted by Crippen LogP contribution is -2.50. The maximum Gasteiger partial charge on any atom is 0.274 e. The highest BCUT2D eigenvalue weighted by atomic mass is 16.5. The zero-order valence-corrected chi connectivity index (χ0v) is 10.2. The van der Waals surface area contributed by atoms with Gasteiger partial charge in [-0.05, 0) is 0 Å². The number of nitrogens with two attached hydrogens (primary N) is 1. The van der Waals surface area contributed by atoms with Crippen molar-refractivity contribution in [3.05, 3.63) is 18.2 Å². The highest BCUT2D eigenvalue weighted by molar-refractivity contribution is 5.92. The van der Waals surface area contributed by atoms with Crippen LogP contribution in [-0.2, 0) is 11.3 Å². The Morgan fingerprint density at radius 2 is 2.50 bits per heavy atom. The molecule has 7 nitrogen and oxygen atoms in total. The lowest BCUT2D eigenvalue weighted by Gasteiger charge is -2.33. The normalized spacial score (nSPS) is 20.1. The number of amides is 1. The van der Waals surface area contributed by atoms with Gasteiger partial charge in [0.1, 0.15) is 5.69 Å². The van der Waals surface area contributed by atoms with Gasteiger partial charge < -0.3 is 25.0 Å². The predicted molar refractivity (Wildman–Crippen MR) is 64.0 cm³/mol. The zero-order valence-electron chi connectivity index (χ0n) is 10.2. The topological polar surface area (TPSA) is 93.6 Å². The van der Waals surface area contributed by atoms with Crippen molar-refractivity contribution in [3.63, 3.8) is 0 Å². The number of morpholine rings is 1. The van der Waals surface area contributed by atoms with Crippen molar-refractivity contribution in [2.75, 3.05) is 32.9 Å². The number of rotatable bonds is 4. The Labute approximate surface area is 105 Å². The van der Waals surface area contributed by atoms with Crippen molar-refractivity contribution < 1.29 is 14.6 Å². The van der Waals surface area contributed by atoms with E-state index >= 15 is 0 Å². The number of hydrogen-bond donors (Lipinski definition) is 2. The second-order valence-corrected chi connectivity index (χ2v) is 4.20. The van der Waals surface area contributed by atoms with Crippen LogP contribution in [0.2, 0.25) is 0 Å². The summed E-state index contributed by atoms with van der Waals surface area (Å²) < 4.78 is 7.02. The summed E-state index contributed by atoms with van der Waals surface area (Å²) in [6.07, 6.45) is 3.27. The number of aromatic nitrogens is 2. The average molecular weight is 254 g/mol. The summed E-state index contributed by atoms with van der Waals surface area (Å²) in [5.41, 5.74) is 5.82. The van der Waals surface area contributed by atoms with Crippen LogP contribution in [0.3, 0.4) is 0 Å². The maximum absolute atomic E-state index is 12.2. The smallest absolute Gasteiger partial charge is 0.274 e. The second-order valence-electron chi connectivity index (χ2n) is 4.20. The van der Waals surface area contributed by atoms with Gasteiger partial charge in [0.25, 0.3) is 5.91 Å². The third-order valence-electron chi connectivity index (χ3n) is 2.94. The SMILES string of the molecule is NCCn1cnc(C(=O)N2CCOCC2CO)c1. The molecule has 2 rings (SSSR count). The summed E-state index contributed by atoms with van der Waals surface area (Å²) in [6, 6.07) is -0.286. The van der Waals surface area contributed by atoms with E-state index in [1.54, 1.807) is 22.0 Å². The van der Waals surface area contributed by atoms with E-state index in [0.717, 1.165) is 0 Å². The van der Waals surface area contributed by atoms with Crippen LogP contribution in [-0.4, -0.2) is 64.4 Å². The fraction of sp³-hybridized carbons (Fsp3) is 0.636. The molecule has 1 unspecified atom stereocenters. The minimum absolute atomic E-state index is 0.102. The van der Waals surface area contributed by atoms with Gasteiger partial charge in [-0.3, -0.25) is 4.79 Å². The van der Waals surface area contributed by atoms with Crippen LogP contribution in [0.5, 0.6) is 0 Å². The van der Waals surface area contributed by atoms with Gasteiger partial charge in [-0.25, -0.2) is 4.98 Å². The second kappa shape index (κ2) is 5.94. The van der Waals surface area contributed by atoms with Crippen LogP contribution in [0.15, 0.2) is 12.5 Å². The van der Waals surface area contributed by atoms with E-state index in [-0.39, 0.29) is 18.6 Å². The van der Waals surface area contributed by atoms with Gasteiger partial charge >= 0.3 is 0 Å². The zero-order chi connectivity index (χ0) is 13.0. The summed E-state index contributed by atoms with van der Waals surface area (Å²) in [5.74, 6) is -0.173. The lowest BCUT2D eigenvalue weighted by molar-refractivity contribution is -0.0186. The lowest BCUT2D eigenvalue weighted by atomic mass is 10.2. The molecule has 0 aromatic carbocycles. The Balaban J connectivity index is 2.08. The molecule has 0 spiro atoms. The van der Waals surface area contributed by atoms with Crippen molar-refractivity contribution in [3.8, 4) is 0 Å². The molecular weight excluding hydrogens is 236 g/mol. The number of carbonyl (C=O) groups excluding carboxylic acids is 1. The minimum atomic E-state index is -0.286. The minimum Gasteiger partial charge on any atom is -0.394 e. The van der Waals surface area contributed by atoms with Crippen molar-refractivity contribution in [1.29, 1.82) is 0 Å². The summed E-state index contributed by atoms with van der Waals surface area (Å²) in [6.45, 7) is 2.37. The van der Waals surface area contributed by atoms with Crippen molar-refractivity contribution in [2.45, 2.75) is 12.6 Å². The van der Waals surface area contributed by atoms with E-state index in [9.17, 15) is 9.90 Å². The number of aliphatic hydroxyl groups excluding tert-OH is 1. The first-order chi connectivity index (χ1) is 8.76. The van der Waals surface area contributed by atoms with E-state index in [2.05, 4.69) is 4.98 Å². The van der Waals surface area contributed by atoms with E-state index in [0.29, 0.717) is 38.5 Å². The molecule has 100 valence electrons. The molecule has 0 bridgehead atoms. The molecule has 3 N–H and O–H groups in total. The van der Waals surface area contributed by atoms with Gasteiger partial charge in [0.05, 0.1) is 32.2 Å². The van der Waals surface area contributed by atoms with Crippen molar-refractivity contribution in [1.82, 2.24) is 14.5 Å². The molecule has 7 heteroatoms. The quantitative estimate of drug-likeness (QED) is 0.694. The first kappa shape index (κ1) is 13.0. The summed E-state index contributed by atoms with van der Waals surface area (Å²) in [5, 5.41) is 9.23. The largest absolute Gasteiger partial charge is 0.394 e. The average Bonchev–Trinajstić information content (AvgIpc) is 2.87. The summed E-state index contributed by atoms with van der Waals surface area (Å²) in [7, 11) is 0. The van der Waals surface area contributed by atoms with Gasteiger partial charge in [0.2, 0.25) is 0 Å². The monoisotopic (exact) mass is 254 g/mol. The van der Waals surface area contributed by atoms with Gasteiger partial charge in [0.15, 0.2) is 0 Å². The van der Waals surface area contributed by atoms with Crippen LogP contribution in [0.1, 0.15) is 10.5 Å². The molecule has 1 fully saturated rings. The molecule has 1 amide bonds. The van der Waals surface area contributed by atoms with Crippen LogP contribution >= 0.6 is 0 Å². The van der Waals surface area contributed by atoms with Gasteiger partial charge in [-0.2, -0.15) is 0 Å². The van der Waals surface area contributed by atoms with E-state index in [1.165, 1.54) is 0 Å². The van der Waals surface area contributed by atoms with Crippen LogP contribution in [0, 0.1) is 0 Å². The number of hydrogen-bond acceptors (Lipinski definition) is 5. The fourth-order valence-electron chi connectivity index (χ4n) is 1.96. The number of ether oxygens (including phenoxy) is 1. The molecule has 2 heterocycles. The molecule has 1 aromatic heterocycles. The summed E-state index contributed by atoms with van der Waals surface area (Å²) in [4.78, 5) is 17.9. The highest BCUT2D eigenvalue weighted by Gasteiger charge is 2.28. The molecule has 0 radical (unpaired) electrons. The number of imidazole rings is 1. The molecular formula is C11H18N4O3. The van der Waals surface area contributed by atoms with E-state index < -0.39 is 0 Å². The maximum atomic E-state index is 12.2. The Hall–Kier alpha value is -1.44. The van der Waals surface area contributed by atoms with Crippen LogP contribution in [0.4, 0.5) is 0 Å². The molecule has 1 aliphatic heterocycles. The number of aliphatic hydroxyl groups is 1. The van der Waals surface area contributed by atoms with E-state index in [1.807, 2.05) is 0 Å². The Bertz CT molecular complexity index is 407. The number of nitrogens with zero attached hydrogens (tertiary/aromatic N) is 3. The Morgan fingerprint density at radius 1 is 1.67 bits per heavy atom. The summed E-state index contributed by atoms with van der Waals surface area (Å²) >= 11 is 0. The molecule has 1 saturated heterocycles. The highest BCUT2D eigenvalue weighted by Crippen LogP contribution is 2.11. The Kier molecular flexibility index (Phi) is 4.29. The van der Waals surface area contributed by atoms with E-state index in [4.69, 9.17) is 10.5 Å². The van der Waals surface area contributed by atoms with Crippen molar-refractivity contribution >= 4 is 5.91 Å². The van der Waals surface area contributed by atoms with Gasteiger partial charge in [-0.15, -0.1) is 0 Å². The molecule has 0 aliphatic carbocycles. The standard InChI is InChI=1S/C11H18N4O3/c12-1-2-14-5-10(13-8-14)11(17)15-3-4-18-7-9(15)6-16/h5,8-9,16H,1-4,6-7,12H2. The first-order valence-electron chi connectivity index (χ1n) is 5.97. The van der Waals surface area contributed by atoms with Gasteiger partial charge in [-0.1, -0.05) is 0 Å². The van der Waals surface area contributed by atoms with Crippen LogP contribution < -0.4 is 5.73 Å². The third-order valence-corrected chi connectivity index (χ3v) is 2.94. The Morgan fingerprint density at radius 3 is 3.22 bits per heavy atom. The molecule has 1 atom stereocenters. The third kappa shape index (κ3) is 2.69. The first-order valence-corrected chi connectivity index (χ1v) is 5.97. The predicted octanol–water partition coefficient (Wildman–Crippen LogP) is -1.32. The van der Waals surface area contributed by atoms with Crippen LogP contribution in [0.25, 0.3) is 0 Å². The molecule has 1 aliphatic rings. The molecule has 18 heavy (non-hydrogen) atoms. The van der Waals surface area contributed by atoms with Crippen molar-refractivity contribution in [2.24, 2.45) is 5.73 Å². The molecule has 1 aromatic rings. The van der Waals surface area contributed by atoms with Gasteiger partial charge in [0, 0.05) is 25.8 Å². The number of carbonyl (C=O) groups is 1. The molecule has 0 saturated carbocycles.